The molecule has 2 N–H and O–H groups in total. The zero-order valence-corrected chi connectivity index (χ0v) is 12.1. The zero-order chi connectivity index (χ0) is 13.5. The first-order valence-electron chi connectivity index (χ1n) is 5.86. The van der Waals surface area contributed by atoms with Gasteiger partial charge in [0, 0.05) is 6.08 Å². The number of carbonyl (C=O) groups is 1. The summed E-state index contributed by atoms with van der Waals surface area (Å²) in [6.45, 7) is 4.04. The third kappa shape index (κ3) is 5.51. The first-order valence-corrected chi connectivity index (χ1v) is 6.65. The second-order valence-electron chi connectivity index (χ2n) is 4.49. The van der Waals surface area contributed by atoms with E-state index in [-0.39, 0.29) is 18.6 Å². The molecule has 18 heavy (non-hydrogen) atoms. The van der Waals surface area contributed by atoms with Crippen LogP contribution < -0.4 is 5.32 Å². The molecule has 0 radical (unpaired) electrons. The summed E-state index contributed by atoms with van der Waals surface area (Å²) in [6.07, 6.45) is 3.74. The zero-order valence-electron chi connectivity index (χ0n) is 10.5. The van der Waals surface area contributed by atoms with Crippen molar-refractivity contribution < 1.29 is 14.3 Å². The molecule has 1 heterocycles. The highest BCUT2D eigenvalue weighted by Gasteiger charge is 2.11. The summed E-state index contributed by atoms with van der Waals surface area (Å²) in [7, 11) is 0. The maximum atomic E-state index is 11.6. The lowest BCUT2D eigenvalue weighted by atomic mass is 10.0. The van der Waals surface area contributed by atoms with Gasteiger partial charge < -0.3 is 14.8 Å². The summed E-state index contributed by atoms with van der Waals surface area (Å²) < 4.78 is 5.85. The Morgan fingerprint density at radius 1 is 1.56 bits per heavy atom. The van der Waals surface area contributed by atoms with E-state index in [0.717, 1.165) is 6.42 Å². The van der Waals surface area contributed by atoms with Gasteiger partial charge in [-0.15, -0.1) is 0 Å². The first-order chi connectivity index (χ1) is 8.51. The molecule has 0 spiro atoms. The van der Waals surface area contributed by atoms with Gasteiger partial charge in [-0.1, -0.05) is 13.8 Å². The summed E-state index contributed by atoms with van der Waals surface area (Å²) in [5.74, 6) is 0.788. The van der Waals surface area contributed by atoms with E-state index in [1.807, 2.05) is 13.8 Å². The summed E-state index contributed by atoms with van der Waals surface area (Å²) in [5, 5.41) is 11.9. The number of amides is 1. The normalized spacial score (nSPS) is 13.2. The number of halogens is 1. The Kier molecular flexibility index (Phi) is 6.15. The molecule has 0 bridgehead atoms. The minimum absolute atomic E-state index is 0.0515. The van der Waals surface area contributed by atoms with Crippen molar-refractivity contribution in [2.24, 2.45) is 5.92 Å². The number of aliphatic hydroxyl groups is 1. The van der Waals surface area contributed by atoms with Gasteiger partial charge in [-0.25, -0.2) is 0 Å². The average molecular weight is 316 g/mol. The Labute approximate surface area is 115 Å². The monoisotopic (exact) mass is 315 g/mol. The smallest absolute Gasteiger partial charge is 0.244 e. The molecule has 4 nitrogen and oxygen atoms in total. The largest absolute Gasteiger partial charge is 0.450 e. The van der Waals surface area contributed by atoms with Gasteiger partial charge in [0.2, 0.25) is 5.91 Å². The van der Waals surface area contributed by atoms with Crippen molar-refractivity contribution in [2.45, 2.75) is 26.3 Å². The van der Waals surface area contributed by atoms with E-state index in [9.17, 15) is 4.79 Å². The summed E-state index contributed by atoms with van der Waals surface area (Å²) in [6, 6.07) is 3.31. The fraction of sp³-hybridized carbons (Fsp3) is 0.462. The number of rotatable bonds is 6. The van der Waals surface area contributed by atoms with Gasteiger partial charge in [-0.05, 0) is 46.5 Å². The molecule has 0 saturated heterocycles. The van der Waals surface area contributed by atoms with Crippen LogP contribution in [0.25, 0.3) is 6.08 Å². The molecular weight excluding hydrogens is 298 g/mol. The molecule has 100 valence electrons. The van der Waals surface area contributed by atoms with E-state index in [4.69, 9.17) is 9.52 Å². The molecular formula is C13H18BrNO3. The highest BCUT2D eigenvalue weighted by molar-refractivity contribution is 9.10. The van der Waals surface area contributed by atoms with E-state index in [2.05, 4.69) is 21.2 Å². The van der Waals surface area contributed by atoms with Crippen LogP contribution in [0.3, 0.4) is 0 Å². The lowest BCUT2D eigenvalue weighted by Crippen LogP contribution is -2.37. The van der Waals surface area contributed by atoms with Crippen LogP contribution in [0, 0.1) is 5.92 Å². The molecule has 1 unspecified atom stereocenters. The average Bonchev–Trinajstić information content (AvgIpc) is 2.71. The lowest BCUT2D eigenvalue weighted by Gasteiger charge is -2.16. The number of aliphatic hydroxyl groups excluding tert-OH is 1. The van der Waals surface area contributed by atoms with Crippen LogP contribution in [-0.4, -0.2) is 23.7 Å². The van der Waals surface area contributed by atoms with Crippen molar-refractivity contribution in [3.63, 3.8) is 0 Å². The van der Waals surface area contributed by atoms with Crippen molar-refractivity contribution in [2.75, 3.05) is 6.61 Å². The van der Waals surface area contributed by atoms with E-state index < -0.39 is 0 Å². The van der Waals surface area contributed by atoms with Crippen molar-refractivity contribution in [3.8, 4) is 0 Å². The second kappa shape index (κ2) is 7.38. The van der Waals surface area contributed by atoms with E-state index in [0.29, 0.717) is 16.3 Å². The maximum Gasteiger partial charge on any atom is 0.244 e. The SMILES string of the molecule is CC(C)CC(CO)NC(=O)/C=C/c1ccc(Br)o1. The summed E-state index contributed by atoms with van der Waals surface area (Å²) >= 11 is 3.18. The van der Waals surface area contributed by atoms with Gasteiger partial charge in [0.1, 0.15) is 5.76 Å². The Hall–Kier alpha value is -1.07. The summed E-state index contributed by atoms with van der Waals surface area (Å²) in [5.41, 5.74) is 0. The van der Waals surface area contributed by atoms with Crippen LogP contribution in [0.15, 0.2) is 27.3 Å². The molecule has 0 aromatic carbocycles. The Balaban J connectivity index is 2.47. The van der Waals surface area contributed by atoms with Crippen LogP contribution in [0.4, 0.5) is 0 Å². The minimum atomic E-state index is -0.234. The van der Waals surface area contributed by atoms with Crippen LogP contribution >= 0.6 is 15.9 Å². The molecule has 1 amide bonds. The van der Waals surface area contributed by atoms with E-state index in [1.54, 1.807) is 18.2 Å². The van der Waals surface area contributed by atoms with Crippen LogP contribution in [0.2, 0.25) is 0 Å². The number of nitrogens with one attached hydrogen (secondary N) is 1. The fourth-order valence-electron chi connectivity index (χ4n) is 1.57. The number of furan rings is 1. The van der Waals surface area contributed by atoms with Crippen molar-refractivity contribution in [3.05, 3.63) is 28.6 Å². The predicted molar refractivity (Wildman–Crippen MR) is 73.9 cm³/mol. The highest BCUT2D eigenvalue weighted by atomic mass is 79.9. The molecule has 1 aromatic heterocycles. The number of carbonyl (C=O) groups excluding carboxylic acids is 1. The van der Waals surface area contributed by atoms with Gasteiger partial charge in [0.25, 0.3) is 0 Å². The first kappa shape index (κ1) is 15.0. The Morgan fingerprint density at radius 3 is 2.78 bits per heavy atom. The van der Waals surface area contributed by atoms with Crippen LogP contribution in [0.5, 0.6) is 0 Å². The predicted octanol–water partition coefficient (Wildman–Crippen LogP) is 2.58. The second-order valence-corrected chi connectivity index (χ2v) is 5.27. The molecule has 0 aliphatic heterocycles. The van der Waals surface area contributed by atoms with Gasteiger partial charge in [-0.3, -0.25) is 4.79 Å². The molecule has 5 heteroatoms. The van der Waals surface area contributed by atoms with Gasteiger partial charge in [0.15, 0.2) is 4.67 Å². The van der Waals surface area contributed by atoms with Crippen molar-refractivity contribution in [1.29, 1.82) is 0 Å². The van der Waals surface area contributed by atoms with Crippen LogP contribution in [0.1, 0.15) is 26.0 Å². The fourth-order valence-corrected chi connectivity index (χ4v) is 1.89. The molecule has 1 aromatic rings. The molecule has 0 fully saturated rings. The standard InChI is InChI=1S/C13H18BrNO3/c1-9(2)7-10(8-16)15-13(17)6-4-11-3-5-12(14)18-11/h3-6,9-10,16H,7-8H2,1-2H3,(H,15,17)/b6-4+. The maximum absolute atomic E-state index is 11.6. The quantitative estimate of drug-likeness (QED) is 0.793. The van der Waals surface area contributed by atoms with Crippen molar-refractivity contribution >= 4 is 27.9 Å². The number of hydrogen-bond donors (Lipinski definition) is 2. The molecule has 0 aliphatic rings. The van der Waals surface area contributed by atoms with Gasteiger partial charge in [0.05, 0.1) is 12.6 Å². The molecule has 0 saturated carbocycles. The molecule has 1 atom stereocenters. The van der Waals surface area contributed by atoms with Crippen molar-refractivity contribution in [1.82, 2.24) is 5.32 Å². The Bertz CT molecular complexity index is 412. The molecule has 0 aliphatic carbocycles. The van der Waals surface area contributed by atoms with E-state index in [1.165, 1.54) is 6.08 Å². The minimum Gasteiger partial charge on any atom is -0.450 e. The van der Waals surface area contributed by atoms with Crippen LogP contribution in [-0.2, 0) is 4.79 Å². The third-order valence-electron chi connectivity index (χ3n) is 2.32. The van der Waals surface area contributed by atoms with Gasteiger partial charge in [-0.2, -0.15) is 0 Å². The summed E-state index contributed by atoms with van der Waals surface area (Å²) in [4.78, 5) is 11.6. The topological polar surface area (TPSA) is 62.5 Å². The van der Waals surface area contributed by atoms with E-state index >= 15 is 0 Å². The lowest BCUT2D eigenvalue weighted by molar-refractivity contribution is -0.117. The number of hydrogen-bond acceptors (Lipinski definition) is 3. The Morgan fingerprint density at radius 2 is 2.28 bits per heavy atom. The van der Waals surface area contributed by atoms with Gasteiger partial charge >= 0.3 is 0 Å². The third-order valence-corrected chi connectivity index (χ3v) is 2.74. The molecule has 1 rings (SSSR count). The highest BCUT2D eigenvalue weighted by Crippen LogP contribution is 2.14.